The molecule has 0 spiro atoms. The first kappa shape index (κ1) is 14.0. The fourth-order valence-electron chi connectivity index (χ4n) is 1.60. The Balaban J connectivity index is 2.03. The summed E-state index contributed by atoms with van der Waals surface area (Å²) < 4.78 is 0. The number of aromatic amines is 1. The summed E-state index contributed by atoms with van der Waals surface area (Å²) in [6.07, 6.45) is 1.80. The van der Waals surface area contributed by atoms with Crippen molar-refractivity contribution in [2.24, 2.45) is 5.92 Å². The molecule has 2 aromatic rings. The molecule has 19 heavy (non-hydrogen) atoms. The highest BCUT2D eigenvalue weighted by Crippen LogP contribution is 2.25. The minimum absolute atomic E-state index is 0.642. The third-order valence-electron chi connectivity index (χ3n) is 2.48. The van der Waals surface area contributed by atoms with Gasteiger partial charge < -0.3 is 5.32 Å². The van der Waals surface area contributed by atoms with Crippen LogP contribution in [-0.2, 0) is 6.54 Å². The van der Waals surface area contributed by atoms with E-state index in [0.29, 0.717) is 11.1 Å². The lowest BCUT2D eigenvalue weighted by Crippen LogP contribution is -2.19. The van der Waals surface area contributed by atoms with Crippen LogP contribution >= 0.6 is 11.8 Å². The highest BCUT2D eigenvalue weighted by Gasteiger charge is 2.08. The minimum Gasteiger partial charge on any atom is -0.312 e. The van der Waals surface area contributed by atoms with Crippen molar-refractivity contribution in [1.82, 2.24) is 25.5 Å². The quantitative estimate of drug-likeness (QED) is 0.848. The predicted molar refractivity (Wildman–Crippen MR) is 76.0 cm³/mol. The van der Waals surface area contributed by atoms with E-state index in [2.05, 4.69) is 45.4 Å². The molecule has 2 aromatic heterocycles. The lowest BCUT2D eigenvalue weighted by atomic mass is 10.2. The van der Waals surface area contributed by atoms with Gasteiger partial charge in [-0.3, -0.25) is 5.10 Å². The van der Waals surface area contributed by atoms with Crippen molar-refractivity contribution in [3.05, 3.63) is 29.7 Å². The van der Waals surface area contributed by atoms with Gasteiger partial charge in [0.25, 0.3) is 0 Å². The molecule has 102 valence electrons. The number of hydrogen-bond donors (Lipinski definition) is 2. The summed E-state index contributed by atoms with van der Waals surface area (Å²) in [4.78, 5) is 8.70. The van der Waals surface area contributed by atoms with Crippen molar-refractivity contribution in [2.45, 2.75) is 37.5 Å². The molecular weight excluding hydrogens is 258 g/mol. The number of H-pyrrole nitrogens is 1. The maximum atomic E-state index is 4.41. The Labute approximate surface area is 117 Å². The van der Waals surface area contributed by atoms with Crippen molar-refractivity contribution in [3.63, 3.8) is 0 Å². The van der Waals surface area contributed by atoms with Crippen LogP contribution < -0.4 is 5.32 Å². The number of nitrogens with zero attached hydrogens (tertiary/aromatic N) is 3. The average molecular weight is 277 g/mol. The molecule has 2 heterocycles. The molecular formula is C13H19N5S. The zero-order valence-corrected chi connectivity index (χ0v) is 12.3. The molecule has 6 heteroatoms. The lowest BCUT2D eigenvalue weighted by molar-refractivity contribution is 0.549. The van der Waals surface area contributed by atoms with Gasteiger partial charge in [-0.1, -0.05) is 19.9 Å². The van der Waals surface area contributed by atoms with Gasteiger partial charge in [-0.05, 0) is 42.8 Å². The lowest BCUT2D eigenvalue weighted by Gasteiger charge is -2.09. The first-order valence-corrected chi connectivity index (χ1v) is 7.18. The largest absolute Gasteiger partial charge is 0.312 e. The molecule has 0 atom stereocenters. The molecule has 0 radical (unpaired) electrons. The maximum Gasteiger partial charge on any atom is 0.214 e. The second kappa shape index (κ2) is 6.68. The van der Waals surface area contributed by atoms with Crippen molar-refractivity contribution in [3.8, 4) is 0 Å². The summed E-state index contributed by atoms with van der Waals surface area (Å²) in [5.41, 5.74) is 1.18. The van der Waals surface area contributed by atoms with E-state index in [0.717, 1.165) is 23.9 Å². The summed E-state index contributed by atoms with van der Waals surface area (Å²) in [7, 11) is 0. The van der Waals surface area contributed by atoms with Crippen molar-refractivity contribution in [1.29, 1.82) is 0 Å². The average Bonchev–Trinajstić information content (AvgIpc) is 2.77. The molecule has 0 saturated heterocycles. The van der Waals surface area contributed by atoms with Crippen molar-refractivity contribution >= 4 is 11.8 Å². The van der Waals surface area contributed by atoms with Crippen molar-refractivity contribution in [2.75, 3.05) is 6.54 Å². The van der Waals surface area contributed by atoms with Crippen LogP contribution in [0.1, 0.15) is 25.2 Å². The fraction of sp³-hybridized carbons (Fsp3) is 0.462. The molecule has 5 nitrogen and oxygen atoms in total. The standard InChI is InChI=1S/C13H19N5S/c1-9(2)7-14-8-11-5-4-6-15-12(11)19-13-16-10(3)17-18-13/h4-6,9,14H,7-8H2,1-3H3,(H,16,17,18). The van der Waals surface area contributed by atoms with Crippen LogP contribution in [0.25, 0.3) is 0 Å². The van der Waals surface area contributed by atoms with Crippen LogP contribution in [-0.4, -0.2) is 26.7 Å². The van der Waals surface area contributed by atoms with Gasteiger partial charge in [-0.25, -0.2) is 9.97 Å². The maximum absolute atomic E-state index is 4.41. The smallest absolute Gasteiger partial charge is 0.214 e. The van der Waals surface area contributed by atoms with Crippen LogP contribution in [0, 0.1) is 12.8 Å². The number of nitrogens with one attached hydrogen (secondary N) is 2. The minimum atomic E-state index is 0.642. The molecule has 0 fully saturated rings. The Morgan fingerprint density at radius 1 is 1.42 bits per heavy atom. The fourth-order valence-corrected chi connectivity index (χ4v) is 2.43. The van der Waals surface area contributed by atoms with E-state index in [4.69, 9.17) is 0 Å². The van der Waals surface area contributed by atoms with Crippen LogP contribution in [0.15, 0.2) is 28.5 Å². The molecule has 0 unspecified atom stereocenters. The molecule has 0 aliphatic rings. The Morgan fingerprint density at radius 3 is 2.95 bits per heavy atom. The molecule has 0 saturated carbocycles. The number of aryl methyl sites for hydroxylation is 1. The van der Waals surface area contributed by atoms with Gasteiger partial charge in [-0.15, -0.1) is 5.10 Å². The summed E-state index contributed by atoms with van der Waals surface area (Å²) in [5.74, 6) is 1.46. The zero-order valence-electron chi connectivity index (χ0n) is 11.5. The van der Waals surface area contributed by atoms with Crippen LogP contribution in [0.4, 0.5) is 0 Å². The molecule has 2 rings (SSSR count). The van der Waals surface area contributed by atoms with E-state index in [1.165, 1.54) is 17.3 Å². The van der Waals surface area contributed by atoms with Crippen LogP contribution in [0.3, 0.4) is 0 Å². The third kappa shape index (κ3) is 4.33. The number of pyridine rings is 1. The Kier molecular flexibility index (Phi) is 4.93. The summed E-state index contributed by atoms with van der Waals surface area (Å²) in [6, 6.07) is 4.04. The van der Waals surface area contributed by atoms with Crippen LogP contribution in [0.5, 0.6) is 0 Å². The van der Waals surface area contributed by atoms with Gasteiger partial charge in [-0.2, -0.15) is 0 Å². The Hall–Kier alpha value is -1.40. The molecule has 0 amide bonds. The van der Waals surface area contributed by atoms with Crippen LogP contribution in [0.2, 0.25) is 0 Å². The van der Waals surface area contributed by atoms with Gasteiger partial charge in [0.05, 0.1) is 0 Å². The topological polar surface area (TPSA) is 66.5 Å². The SMILES string of the molecule is Cc1nc(Sc2ncccc2CNCC(C)C)n[nH]1. The normalized spacial score (nSPS) is 11.2. The number of aromatic nitrogens is 4. The van der Waals surface area contributed by atoms with E-state index in [1.807, 2.05) is 13.0 Å². The predicted octanol–water partition coefficient (Wildman–Crippen LogP) is 2.40. The van der Waals surface area contributed by atoms with Gasteiger partial charge in [0.2, 0.25) is 5.16 Å². The van der Waals surface area contributed by atoms with Gasteiger partial charge in [0, 0.05) is 12.7 Å². The molecule has 0 aliphatic carbocycles. The second-order valence-corrected chi connectivity index (χ2v) is 5.75. The highest BCUT2D eigenvalue weighted by molar-refractivity contribution is 7.99. The Morgan fingerprint density at radius 2 is 2.26 bits per heavy atom. The highest BCUT2D eigenvalue weighted by atomic mass is 32.2. The van der Waals surface area contributed by atoms with E-state index in [1.54, 1.807) is 6.20 Å². The van der Waals surface area contributed by atoms with E-state index in [9.17, 15) is 0 Å². The monoisotopic (exact) mass is 277 g/mol. The van der Waals surface area contributed by atoms with Gasteiger partial charge in [0.15, 0.2) is 0 Å². The molecule has 0 bridgehead atoms. The van der Waals surface area contributed by atoms with Gasteiger partial charge >= 0.3 is 0 Å². The first-order chi connectivity index (χ1) is 9.15. The summed E-state index contributed by atoms with van der Waals surface area (Å²) in [5, 5.41) is 12.1. The van der Waals surface area contributed by atoms with Crippen molar-refractivity contribution < 1.29 is 0 Å². The number of rotatable bonds is 6. The van der Waals surface area contributed by atoms with E-state index < -0.39 is 0 Å². The summed E-state index contributed by atoms with van der Waals surface area (Å²) >= 11 is 1.49. The molecule has 0 aliphatic heterocycles. The molecule has 2 N–H and O–H groups in total. The number of hydrogen-bond acceptors (Lipinski definition) is 5. The van der Waals surface area contributed by atoms with E-state index >= 15 is 0 Å². The third-order valence-corrected chi connectivity index (χ3v) is 3.41. The van der Waals surface area contributed by atoms with E-state index in [-0.39, 0.29) is 0 Å². The second-order valence-electron chi connectivity index (χ2n) is 4.80. The summed E-state index contributed by atoms with van der Waals surface area (Å²) in [6.45, 7) is 8.10. The first-order valence-electron chi connectivity index (χ1n) is 6.36. The van der Waals surface area contributed by atoms with Gasteiger partial charge in [0.1, 0.15) is 10.9 Å². The molecule has 0 aromatic carbocycles. The zero-order chi connectivity index (χ0) is 13.7. The Bertz CT molecular complexity index is 523.